The molecule has 1 fully saturated rings. The second kappa shape index (κ2) is 4.28. The first-order chi connectivity index (χ1) is 9.11. The van der Waals surface area contributed by atoms with Crippen molar-refractivity contribution in [2.45, 2.75) is 25.2 Å². The zero-order valence-electron chi connectivity index (χ0n) is 9.86. The summed E-state index contributed by atoms with van der Waals surface area (Å²) in [6.07, 6.45) is 0.856. The molecule has 3 rings (SSSR count). The Morgan fingerprint density at radius 1 is 1.63 bits per heavy atom. The molecule has 1 aliphatic rings. The molecular formula is C10H12FN5O3. The molecule has 2 aromatic heterocycles. The average Bonchev–Trinajstić information content (AvgIpc) is 3.01. The highest BCUT2D eigenvalue weighted by molar-refractivity contribution is 5.79. The standard InChI is InChI=1S/C10H12FN5O3/c11-10-14-9-7(8(12)16(10)18)13-4-15(9)6-2-1-5(3-17)19-6/h4-6,17H,1-3,12H2/t5-,6+/m0/s1. The number of imidazole rings is 1. The van der Waals surface area contributed by atoms with Gasteiger partial charge in [0.15, 0.2) is 5.52 Å². The lowest BCUT2D eigenvalue weighted by Crippen LogP contribution is -2.36. The Kier molecular flexibility index (Phi) is 2.72. The second-order valence-electron chi connectivity index (χ2n) is 4.36. The van der Waals surface area contributed by atoms with Crippen LogP contribution in [-0.4, -0.2) is 32.4 Å². The van der Waals surface area contributed by atoms with Crippen LogP contribution in [0.5, 0.6) is 0 Å². The predicted molar refractivity (Wildman–Crippen MR) is 61.1 cm³/mol. The minimum absolute atomic E-state index is 0.0758. The molecule has 0 aliphatic carbocycles. The van der Waals surface area contributed by atoms with Gasteiger partial charge in [-0.1, -0.05) is 4.98 Å². The number of aliphatic hydroxyl groups excluding tert-OH is 1. The van der Waals surface area contributed by atoms with Gasteiger partial charge in [-0.15, -0.1) is 4.39 Å². The highest BCUT2D eigenvalue weighted by Gasteiger charge is 2.29. The summed E-state index contributed by atoms with van der Waals surface area (Å²) < 4.78 is 20.3. The third-order valence-corrected chi connectivity index (χ3v) is 3.19. The smallest absolute Gasteiger partial charge is 0.426 e. The first kappa shape index (κ1) is 12.1. The summed E-state index contributed by atoms with van der Waals surface area (Å²) in [5.41, 5.74) is 5.79. The molecule has 9 heteroatoms. The number of fused-ring (bicyclic) bond motifs is 1. The van der Waals surface area contributed by atoms with Crippen molar-refractivity contribution in [3.05, 3.63) is 17.6 Å². The van der Waals surface area contributed by atoms with E-state index < -0.39 is 12.3 Å². The number of ether oxygens (including phenoxy) is 1. The van der Waals surface area contributed by atoms with E-state index in [9.17, 15) is 9.60 Å². The van der Waals surface area contributed by atoms with Crippen LogP contribution >= 0.6 is 0 Å². The average molecular weight is 269 g/mol. The van der Waals surface area contributed by atoms with Crippen LogP contribution in [0.3, 0.4) is 0 Å². The topological polar surface area (TPSA) is 113 Å². The van der Waals surface area contributed by atoms with E-state index in [1.54, 1.807) is 0 Å². The normalized spacial score (nSPS) is 23.3. The molecule has 2 atom stereocenters. The maximum atomic E-state index is 13.3. The molecule has 1 saturated heterocycles. The predicted octanol–water partition coefficient (Wildman–Crippen LogP) is -0.544. The number of halogens is 1. The maximum absolute atomic E-state index is 13.3. The van der Waals surface area contributed by atoms with Crippen molar-refractivity contribution in [2.75, 3.05) is 12.3 Å². The fraction of sp³-hybridized carbons (Fsp3) is 0.500. The van der Waals surface area contributed by atoms with Gasteiger partial charge in [0.05, 0.1) is 12.7 Å². The first-order valence-electron chi connectivity index (χ1n) is 5.79. The van der Waals surface area contributed by atoms with Gasteiger partial charge in [0.25, 0.3) is 5.82 Å². The van der Waals surface area contributed by atoms with Crippen LogP contribution in [-0.2, 0) is 4.74 Å². The van der Waals surface area contributed by atoms with E-state index in [1.807, 2.05) is 0 Å². The monoisotopic (exact) mass is 269 g/mol. The molecule has 2 aromatic rings. The molecule has 0 unspecified atom stereocenters. The lowest BCUT2D eigenvalue weighted by Gasteiger charge is -2.13. The Labute approximate surface area is 106 Å². The van der Waals surface area contributed by atoms with E-state index in [-0.39, 0.29) is 34.4 Å². The number of aromatic nitrogens is 4. The number of hydrogen-bond acceptors (Lipinski definition) is 6. The molecule has 3 heterocycles. The molecular weight excluding hydrogens is 257 g/mol. The van der Waals surface area contributed by atoms with Crippen molar-refractivity contribution >= 4 is 17.0 Å². The van der Waals surface area contributed by atoms with E-state index in [4.69, 9.17) is 15.6 Å². The zero-order valence-corrected chi connectivity index (χ0v) is 9.86. The van der Waals surface area contributed by atoms with Gasteiger partial charge >= 0.3 is 6.08 Å². The Hall–Kier alpha value is -2.00. The largest absolute Gasteiger partial charge is 0.738 e. The molecule has 0 saturated carbocycles. The van der Waals surface area contributed by atoms with Crippen LogP contribution in [0.15, 0.2) is 6.33 Å². The Bertz CT molecular complexity index is 631. The van der Waals surface area contributed by atoms with Crippen LogP contribution in [0, 0.1) is 11.3 Å². The van der Waals surface area contributed by atoms with Gasteiger partial charge in [-0.3, -0.25) is 4.57 Å². The molecule has 0 radical (unpaired) electrons. The van der Waals surface area contributed by atoms with Crippen molar-refractivity contribution in [2.24, 2.45) is 0 Å². The van der Waals surface area contributed by atoms with Gasteiger partial charge in [-0.05, 0) is 12.8 Å². The van der Waals surface area contributed by atoms with E-state index in [0.717, 1.165) is 0 Å². The van der Waals surface area contributed by atoms with Crippen molar-refractivity contribution < 1.29 is 19.0 Å². The summed E-state index contributed by atoms with van der Waals surface area (Å²) in [5, 5.41) is 20.3. The number of hydrogen-bond donors (Lipinski definition) is 2. The molecule has 0 amide bonds. The van der Waals surface area contributed by atoms with Crippen LogP contribution in [0.4, 0.5) is 10.2 Å². The van der Waals surface area contributed by atoms with Gasteiger partial charge in [-0.25, -0.2) is 9.71 Å². The van der Waals surface area contributed by atoms with Crippen LogP contribution in [0.2, 0.25) is 0 Å². The molecule has 8 nitrogen and oxygen atoms in total. The third-order valence-electron chi connectivity index (χ3n) is 3.19. The summed E-state index contributed by atoms with van der Waals surface area (Å²) in [5.74, 6) is -0.335. The zero-order chi connectivity index (χ0) is 13.6. The summed E-state index contributed by atoms with van der Waals surface area (Å²) in [4.78, 5) is 7.51. The molecule has 102 valence electrons. The lowest BCUT2D eigenvalue weighted by molar-refractivity contribution is -0.625. The minimum atomic E-state index is -1.23. The van der Waals surface area contributed by atoms with Crippen LogP contribution < -0.4 is 10.5 Å². The summed E-state index contributed by atoms with van der Waals surface area (Å²) in [6, 6.07) is 0. The Morgan fingerprint density at radius 3 is 3.11 bits per heavy atom. The minimum Gasteiger partial charge on any atom is -0.738 e. The number of rotatable bonds is 2. The Morgan fingerprint density at radius 2 is 2.42 bits per heavy atom. The first-order valence-corrected chi connectivity index (χ1v) is 5.79. The van der Waals surface area contributed by atoms with E-state index >= 15 is 0 Å². The number of nitrogens with two attached hydrogens (primary N) is 1. The molecule has 0 bridgehead atoms. The van der Waals surface area contributed by atoms with Gasteiger partial charge in [0, 0.05) is 0 Å². The molecule has 0 spiro atoms. The number of anilines is 1. The van der Waals surface area contributed by atoms with E-state index in [0.29, 0.717) is 12.8 Å². The summed E-state index contributed by atoms with van der Waals surface area (Å²) in [7, 11) is 0. The highest BCUT2D eigenvalue weighted by atomic mass is 19.1. The quantitative estimate of drug-likeness (QED) is 0.430. The van der Waals surface area contributed by atoms with Crippen molar-refractivity contribution in [3.8, 4) is 0 Å². The Balaban J connectivity index is 2.06. The van der Waals surface area contributed by atoms with E-state index in [1.165, 1.54) is 10.9 Å². The highest BCUT2D eigenvalue weighted by Crippen LogP contribution is 2.30. The van der Waals surface area contributed by atoms with Crippen LogP contribution in [0.1, 0.15) is 19.1 Å². The van der Waals surface area contributed by atoms with Gasteiger partial charge in [0.1, 0.15) is 12.6 Å². The summed E-state index contributed by atoms with van der Waals surface area (Å²) >= 11 is 0. The molecule has 0 aromatic carbocycles. The third kappa shape index (κ3) is 1.78. The van der Waals surface area contributed by atoms with Crippen molar-refractivity contribution in [1.82, 2.24) is 14.5 Å². The number of aliphatic hydroxyl groups is 1. The second-order valence-corrected chi connectivity index (χ2v) is 4.36. The molecule has 1 aliphatic heterocycles. The van der Waals surface area contributed by atoms with Gasteiger partial charge in [0.2, 0.25) is 5.65 Å². The molecule has 19 heavy (non-hydrogen) atoms. The maximum Gasteiger partial charge on any atom is 0.426 e. The van der Waals surface area contributed by atoms with Crippen molar-refractivity contribution in [3.63, 3.8) is 0 Å². The fourth-order valence-corrected chi connectivity index (χ4v) is 2.21. The number of nitrogen functional groups attached to an aromatic ring is 1. The van der Waals surface area contributed by atoms with Gasteiger partial charge < -0.3 is 20.8 Å². The lowest BCUT2D eigenvalue weighted by atomic mass is 10.2. The summed E-state index contributed by atoms with van der Waals surface area (Å²) in [6.45, 7) is -0.0758. The van der Waals surface area contributed by atoms with Gasteiger partial charge in [-0.2, -0.15) is 0 Å². The van der Waals surface area contributed by atoms with Crippen molar-refractivity contribution in [1.29, 1.82) is 0 Å². The number of nitrogens with zero attached hydrogens (tertiary/aromatic N) is 4. The van der Waals surface area contributed by atoms with Crippen LogP contribution in [0.25, 0.3) is 11.2 Å². The SMILES string of the molecule is Nc1c2ncn([C@H]3CC[C@@H](CO)O3)c2nc(F)[n+]1[O-]. The fourth-order valence-electron chi connectivity index (χ4n) is 2.21. The van der Waals surface area contributed by atoms with E-state index in [2.05, 4.69) is 9.97 Å². The molecule has 3 N–H and O–H groups in total.